The van der Waals surface area contributed by atoms with Crippen molar-refractivity contribution in [1.29, 1.82) is 0 Å². The Bertz CT molecular complexity index is 246. The average Bonchev–Trinajstić information content (AvgIpc) is 1.85. The third kappa shape index (κ3) is 1.39. The summed E-state index contributed by atoms with van der Waals surface area (Å²) < 4.78 is 0. The van der Waals surface area contributed by atoms with Crippen LogP contribution in [0.5, 0.6) is 0 Å². The van der Waals surface area contributed by atoms with E-state index >= 15 is 0 Å². The topological polar surface area (TPSA) is 77.8 Å². The van der Waals surface area contributed by atoms with Crippen molar-refractivity contribution in [2.45, 2.75) is 20.3 Å². The van der Waals surface area contributed by atoms with Crippen LogP contribution in [-0.2, 0) is 6.42 Å². The molecule has 0 fully saturated rings. The van der Waals surface area contributed by atoms with Crippen molar-refractivity contribution in [3.8, 4) is 0 Å². The Morgan fingerprint density at radius 1 is 1.18 bits per heavy atom. The maximum atomic E-state index is 5.60. The van der Waals surface area contributed by atoms with Crippen LogP contribution in [0.1, 0.15) is 18.3 Å². The minimum absolute atomic E-state index is 0.498. The maximum absolute atomic E-state index is 5.60. The van der Waals surface area contributed by atoms with Gasteiger partial charge in [-0.25, -0.2) is 9.97 Å². The van der Waals surface area contributed by atoms with Crippen LogP contribution < -0.4 is 11.5 Å². The van der Waals surface area contributed by atoms with Crippen LogP contribution in [0.4, 0.5) is 11.6 Å². The predicted octanol–water partition coefficient (Wildman–Crippen LogP) is 0.512. The van der Waals surface area contributed by atoms with E-state index in [2.05, 4.69) is 9.97 Å². The van der Waals surface area contributed by atoms with E-state index in [4.69, 9.17) is 11.5 Å². The van der Waals surface area contributed by atoms with Crippen molar-refractivity contribution >= 4 is 11.6 Å². The van der Waals surface area contributed by atoms with Crippen molar-refractivity contribution in [2.24, 2.45) is 0 Å². The summed E-state index contributed by atoms with van der Waals surface area (Å²) in [6.07, 6.45) is 0.776. The molecule has 1 aromatic rings. The Morgan fingerprint density at radius 3 is 2.00 bits per heavy atom. The number of nitrogens with zero attached hydrogens (tertiary/aromatic N) is 2. The van der Waals surface area contributed by atoms with Crippen molar-refractivity contribution in [3.05, 3.63) is 11.4 Å². The molecule has 0 atom stereocenters. The van der Waals surface area contributed by atoms with Crippen molar-refractivity contribution in [3.63, 3.8) is 0 Å². The van der Waals surface area contributed by atoms with Gasteiger partial charge in [0.2, 0.25) is 0 Å². The third-order valence-corrected chi connectivity index (χ3v) is 1.54. The highest BCUT2D eigenvalue weighted by Crippen LogP contribution is 2.15. The van der Waals surface area contributed by atoms with E-state index in [-0.39, 0.29) is 0 Å². The number of nitrogen functional groups attached to an aromatic ring is 2. The molecule has 0 aliphatic heterocycles. The van der Waals surface area contributed by atoms with E-state index in [0.717, 1.165) is 12.0 Å². The highest BCUT2D eigenvalue weighted by atomic mass is 15.0. The summed E-state index contributed by atoms with van der Waals surface area (Å²) in [6.45, 7) is 3.74. The second kappa shape index (κ2) is 2.74. The quantitative estimate of drug-likeness (QED) is 0.614. The molecule has 4 nitrogen and oxygen atoms in total. The number of anilines is 2. The smallest absolute Gasteiger partial charge is 0.132 e. The van der Waals surface area contributed by atoms with Gasteiger partial charge in [0, 0.05) is 5.56 Å². The van der Waals surface area contributed by atoms with E-state index in [9.17, 15) is 0 Å². The molecule has 0 saturated carbocycles. The SMILES string of the molecule is CCc1c(N)nc(C)nc1N. The summed E-state index contributed by atoms with van der Waals surface area (Å²) in [5.41, 5.74) is 12.0. The first kappa shape index (κ1) is 7.78. The zero-order valence-corrected chi connectivity index (χ0v) is 6.76. The van der Waals surface area contributed by atoms with Crippen LogP contribution >= 0.6 is 0 Å². The molecule has 1 rings (SSSR count). The van der Waals surface area contributed by atoms with E-state index in [1.807, 2.05) is 6.92 Å². The number of nitrogens with two attached hydrogens (primary N) is 2. The van der Waals surface area contributed by atoms with Crippen LogP contribution in [0, 0.1) is 6.92 Å². The third-order valence-electron chi connectivity index (χ3n) is 1.54. The zero-order valence-electron chi connectivity index (χ0n) is 6.76. The van der Waals surface area contributed by atoms with Crippen LogP contribution in [0.25, 0.3) is 0 Å². The number of hydrogen-bond acceptors (Lipinski definition) is 4. The predicted molar refractivity (Wildman–Crippen MR) is 45.0 cm³/mol. The van der Waals surface area contributed by atoms with Gasteiger partial charge in [0.15, 0.2) is 0 Å². The average molecular weight is 152 g/mol. The lowest BCUT2D eigenvalue weighted by atomic mass is 10.2. The minimum atomic E-state index is 0.498. The molecule has 0 aliphatic rings. The highest BCUT2D eigenvalue weighted by molar-refractivity contribution is 5.52. The molecular formula is C7H12N4. The Kier molecular flexibility index (Phi) is 1.94. The molecule has 11 heavy (non-hydrogen) atoms. The fraction of sp³-hybridized carbons (Fsp3) is 0.429. The minimum Gasteiger partial charge on any atom is -0.383 e. The van der Waals surface area contributed by atoms with E-state index in [1.165, 1.54) is 0 Å². The Labute approximate surface area is 65.6 Å². The van der Waals surface area contributed by atoms with Crippen LogP contribution in [0.2, 0.25) is 0 Å². The van der Waals surface area contributed by atoms with Crippen LogP contribution in [0.15, 0.2) is 0 Å². The van der Waals surface area contributed by atoms with Crippen LogP contribution in [0.3, 0.4) is 0 Å². The Hall–Kier alpha value is -1.32. The Balaban J connectivity index is 3.25. The highest BCUT2D eigenvalue weighted by Gasteiger charge is 2.04. The second-order valence-corrected chi connectivity index (χ2v) is 2.37. The van der Waals surface area contributed by atoms with Crippen molar-refractivity contribution < 1.29 is 0 Å². The molecule has 4 heteroatoms. The van der Waals surface area contributed by atoms with E-state index in [0.29, 0.717) is 17.5 Å². The summed E-state index contributed by atoms with van der Waals surface area (Å²) in [5, 5.41) is 0. The standard InChI is InChI=1S/C7H12N4/c1-3-5-6(8)10-4(2)11-7(5)9/h3H2,1-2H3,(H4,8,9,10,11). The second-order valence-electron chi connectivity index (χ2n) is 2.37. The molecule has 0 aromatic carbocycles. The summed E-state index contributed by atoms with van der Waals surface area (Å²) in [4.78, 5) is 7.98. The van der Waals surface area contributed by atoms with Gasteiger partial charge < -0.3 is 11.5 Å². The normalized spacial score (nSPS) is 10.0. The van der Waals surface area contributed by atoms with E-state index in [1.54, 1.807) is 6.92 Å². The lowest BCUT2D eigenvalue weighted by Crippen LogP contribution is -2.06. The lowest BCUT2D eigenvalue weighted by Gasteiger charge is -2.05. The first-order valence-electron chi connectivity index (χ1n) is 3.53. The van der Waals surface area contributed by atoms with Crippen LogP contribution in [-0.4, -0.2) is 9.97 Å². The summed E-state index contributed by atoms with van der Waals surface area (Å²) in [5.74, 6) is 1.62. The van der Waals surface area contributed by atoms with Gasteiger partial charge >= 0.3 is 0 Å². The number of hydrogen-bond donors (Lipinski definition) is 2. The zero-order chi connectivity index (χ0) is 8.43. The van der Waals surface area contributed by atoms with Gasteiger partial charge in [0.1, 0.15) is 17.5 Å². The van der Waals surface area contributed by atoms with Gasteiger partial charge in [0.05, 0.1) is 0 Å². The van der Waals surface area contributed by atoms with Gasteiger partial charge in [-0.05, 0) is 13.3 Å². The summed E-state index contributed by atoms with van der Waals surface area (Å²) in [6, 6.07) is 0. The fourth-order valence-corrected chi connectivity index (χ4v) is 1.00. The molecule has 0 bridgehead atoms. The van der Waals surface area contributed by atoms with Gasteiger partial charge in [0.25, 0.3) is 0 Å². The lowest BCUT2D eigenvalue weighted by molar-refractivity contribution is 1.01. The van der Waals surface area contributed by atoms with Gasteiger partial charge in [-0.15, -0.1) is 0 Å². The molecule has 0 aliphatic carbocycles. The van der Waals surface area contributed by atoms with Crippen molar-refractivity contribution in [1.82, 2.24) is 9.97 Å². The fourth-order valence-electron chi connectivity index (χ4n) is 1.00. The first-order valence-corrected chi connectivity index (χ1v) is 3.53. The molecule has 0 saturated heterocycles. The van der Waals surface area contributed by atoms with E-state index < -0.39 is 0 Å². The van der Waals surface area contributed by atoms with Gasteiger partial charge in [-0.3, -0.25) is 0 Å². The molecule has 4 N–H and O–H groups in total. The largest absolute Gasteiger partial charge is 0.383 e. The van der Waals surface area contributed by atoms with Crippen molar-refractivity contribution in [2.75, 3.05) is 11.5 Å². The first-order chi connectivity index (χ1) is 5.15. The van der Waals surface area contributed by atoms with Gasteiger partial charge in [-0.1, -0.05) is 6.92 Å². The molecule has 0 radical (unpaired) electrons. The monoisotopic (exact) mass is 152 g/mol. The molecule has 60 valence electrons. The molecule has 1 aromatic heterocycles. The number of rotatable bonds is 1. The molecule has 1 heterocycles. The summed E-state index contributed by atoms with van der Waals surface area (Å²) >= 11 is 0. The molecule has 0 amide bonds. The summed E-state index contributed by atoms with van der Waals surface area (Å²) in [7, 11) is 0. The number of aryl methyl sites for hydroxylation is 1. The number of aromatic nitrogens is 2. The molecule has 0 unspecified atom stereocenters. The van der Waals surface area contributed by atoms with Gasteiger partial charge in [-0.2, -0.15) is 0 Å². The maximum Gasteiger partial charge on any atom is 0.132 e. The Morgan fingerprint density at radius 2 is 1.64 bits per heavy atom. The molecule has 0 spiro atoms. The molecular weight excluding hydrogens is 140 g/mol.